The highest BCUT2D eigenvalue weighted by atomic mass is 16.3. The maximum absolute atomic E-state index is 5.52. The van der Waals surface area contributed by atoms with E-state index in [4.69, 9.17) is 4.42 Å². The van der Waals surface area contributed by atoms with Crippen molar-refractivity contribution in [3.63, 3.8) is 0 Å². The predicted octanol–water partition coefficient (Wildman–Crippen LogP) is 3.15. The maximum atomic E-state index is 5.52. The van der Waals surface area contributed by atoms with Crippen LogP contribution in [0.2, 0.25) is 0 Å². The third-order valence-corrected chi connectivity index (χ3v) is 2.64. The molecule has 0 atom stereocenters. The van der Waals surface area contributed by atoms with Crippen LogP contribution in [-0.4, -0.2) is 11.5 Å². The van der Waals surface area contributed by atoms with Crippen molar-refractivity contribution in [2.24, 2.45) is 0 Å². The zero-order chi connectivity index (χ0) is 12.1. The van der Waals surface area contributed by atoms with E-state index in [1.165, 1.54) is 0 Å². The Morgan fingerprint density at radius 2 is 2.24 bits per heavy atom. The van der Waals surface area contributed by atoms with Gasteiger partial charge in [-0.15, -0.1) is 0 Å². The van der Waals surface area contributed by atoms with Gasteiger partial charge >= 0.3 is 0 Å². The number of nitrogens with one attached hydrogen (secondary N) is 1. The monoisotopic (exact) mass is 230 g/mol. The number of aromatic nitrogens is 1. The SMILES string of the molecule is CCCNCc1occc1-c1cncc(C)c1. The average molecular weight is 230 g/mol. The van der Waals surface area contributed by atoms with E-state index in [1.807, 2.05) is 25.4 Å². The number of hydrogen-bond acceptors (Lipinski definition) is 3. The van der Waals surface area contributed by atoms with E-state index in [9.17, 15) is 0 Å². The van der Waals surface area contributed by atoms with Gasteiger partial charge in [0.25, 0.3) is 0 Å². The lowest BCUT2D eigenvalue weighted by atomic mass is 10.1. The smallest absolute Gasteiger partial charge is 0.125 e. The molecule has 1 N–H and O–H groups in total. The summed E-state index contributed by atoms with van der Waals surface area (Å²) < 4.78 is 5.52. The third kappa shape index (κ3) is 2.94. The fourth-order valence-corrected chi connectivity index (χ4v) is 1.82. The molecule has 0 saturated carbocycles. The van der Waals surface area contributed by atoms with Crippen LogP contribution in [0, 0.1) is 6.92 Å². The van der Waals surface area contributed by atoms with Crippen LogP contribution >= 0.6 is 0 Å². The molecule has 0 saturated heterocycles. The number of rotatable bonds is 5. The summed E-state index contributed by atoms with van der Waals surface area (Å²) in [6.45, 7) is 5.97. The predicted molar refractivity (Wildman–Crippen MR) is 68.7 cm³/mol. The molecule has 2 rings (SSSR count). The second-order valence-corrected chi connectivity index (χ2v) is 4.19. The summed E-state index contributed by atoms with van der Waals surface area (Å²) >= 11 is 0. The molecule has 0 bridgehead atoms. The van der Waals surface area contributed by atoms with E-state index in [2.05, 4.69) is 23.3 Å². The lowest BCUT2D eigenvalue weighted by Crippen LogP contribution is -2.13. The van der Waals surface area contributed by atoms with Gasteiger partial charge in [-0.3, -0.25) is 4.98 Å². The van der Waals surface area contributed by atoms with Crippen LogP contribution in [0.15, 0.2) is 35.2 Å². The quantitative estimate of drug-likeness (QED) is 0.802. The maximum Gasteiger partial charge on any atom is 0.125 e. The Morgan fingerprint density at radius 3 is 3.00 bits per heavy atom. The summed E-state index contributed by atoms with van der Waals surface area (Å²) in [5.41, 5.74) is 3.41. The number of furan rings is 1. The first-order chi connectivity index (χ1) is 8.31. The van der Waals surface area contributed by atoms with Crippen LogP contribution in [0.4, 0.5) is 0 Å². The highest BCUT2D eigenvalue weighted by Crippen LogP contribution is 2.24. The van der Waals surface area contributed by atoms with Crippen molar-refractivity contribution >= 4 is 0 Å². The summed E-state index contributed by atoms with van der Waals surface area (Å²) in [6.07, 6.45) is 6.60. The van der Waals surface area contributed by atoms with Crippen molar-refractivity contribution < 1.29 is 4.42 Å². The van der Waals surface area contributed by atoms with E-state index in [0.717, 1.165) is 42.0 Å². The Balaban J connectivity index is 2.18. The molecule has 0 amide bonds. The largest absolute Gasteiger partial charge is 0.467 e. The van der Waals surface area contributed by atoms with Gasteiger partial charge in [-0.2, -0.15) is 0 Å². The number of nitrogens with zero attached hydrogens (tertiary/aromatic N) is 1. The van der Waals surface area contributed by atoms with Crippen LogP contribution in [-0.2, 0) is 6.54 Å². The number of pyridine rings is 1. The van der Waals surface area contributed by atoms with Gasteiger partial charge in [0.1, 0.15) is 5.76 Å². The van der Waals surface area contributed by atoms with Crippen LogP contribution in [0.25, 0.3) is 11.1 Å². The van der Waals surface area contributed by atoms with Crippen molar-refractivity contribution in [1.82, 2.24) is 10.3 Å². The number of aryl methyl sites for hydroxylation is 1. The molecule has 0 spiro atoms. The lowest BCUT2D eigenvalue weighted by molar-refractivity contribution is 0.484. The summed E-state index contributed by atoms with van der Waals surface area (Å²) in [7, 11) is 0. The molecule has 90 valence electrons. The van der Waals surface area contributed by atoms with Crippen LogP contribution in [0.3, 0.4) is 0 Å². The first-order valence-electron chi connectivity index (χ1n) is 6.00. The summed E-state index contributed by atoms with van der Waals surface area (Å²) in [6, 6.07) is 4.13. The molecule has 0 unspecified atom stereocenters. The van der Waals surface area contributed by atoms with Gasteiger partial charge in [-0.25, -0.2) is 0 Å². The molecule has 0 aliphatic heterocycles. The molecule has 0 aliphatic carbocycles. The molecule has 3 nitrogen and oxygen atoms in total. The van der Waals surface area contributed by atoms with Gasteiger partial charge in [0.2, 0.25) is 0 Å². The Bertz CT molecular complexity index is 477. The first-order valence-corrected chi connectivity index (χ1v) is 6.00. The van der Waals surface area contributed by atoms with Crippen molar-refractivity contribution in [2.45, 2.75) is 26.8 Å². The second-order valence-electron chi connectivity index (χ2n) is 4.19. The third-order valence-electron chi connectivity index (χ3n) is 2.64. The second kappa shape index (κ2) is 5.64. The molecule has 0 fully saturated rings. The van der Waals surface area contributed by atoms with Crippen molar-refractivity contribution in [3.05, 3.63) is 42.1 Å². The topological polar surface area (TPSA) is 38.1 Å². The fourth-order valence-electron chi connectivity index (χ4n) is 1.82. The normalized spacial score (nSPS) is 10.7. The molecule has 0 aromatic carbocycles. The van der Waals surface area contributed by atoms with E-state index in [1.54, 1.807) is 6.26 Å². The highest BCUT2D eigenvalue weighted by Gasteiger charge is 2.08. The van der Waals surface area contributed by atoms with E-state index < -0.39 is 0 Å². The minimum Gasteiger partial charge on any atom is -0.467 e. The van der Waals surface area contributed by atoms with E-state index >= 15 is 0 Å². The molecular weight excluding hydrogens is 212 g/mol. The summed E-state index contributed by atoms with van der Waals surface area (Å²) in [5.74, 6) is 0.978. The summed E-state index contributed by atoms with van der Waals surface area (Å²) in [5, 5.41) is 3.35. The standard InChI is InChI=1S/C14H18N2O/c1-3-5-15-10-14-13(4-6-17-14)12-7-11(2)8-16-9-12/h4,6-9,15H,3,5,10H2,1-2H3. The highest BCUT2D eigenvalue weighted by molar-refractivity contribution is 5.64. The van der Waals surface area contributed by atoms with Crippen LogP contribution in [0.1, 0.15) is 24.7 Å². The molecule has 0 radical (unpaired) electrons. The minimum atomic E-state index is 0.768. The Kier molecular flexibility index (Phi) is 3.94. The molecule has 2 aromatic rings. The van der Waals surface area contributed by atoms with Crippen LogP contribution < -0.4 is 5.32 Å². The number of hydrogen-bond donors (Lipinski definition) is 1. The van der Waals surface area contributed by atoms with Crippen molar-refractivity contribution in [2.75, 3.05) is 6.54 Å². The summed E-state index contributed by atoms with van der Waals surface area (Å²) in [4.78, 5) is 4.22. The molecule has 2 aromatic heterocycles. The zero-order valence-corrected chi connectivity index (χ0v) is 10.4. The Hall–Kier alpha value is -1.61. The zero-order valence-electron chi connectivity index (χ0n) is 10.4. The minimum absolute atomic E-state index is 0.768. The van der Waals surface area contributed by atoms with Crippen LogP contribution in [0.5, 0.6) is 0 Å². The van der Waals surface area contributed by atoms with Crippen molar-refractivity contribution in [3.8, 4) is 11.1 Å². The van der Waals surface area contributed by atoms with Gasteiger partial charge in [-0.1, -0.05) is 6.92 Å². The van der Waals surface area contributed by atoms with Gasteiger partial charge in [0, 0.05) is 23.5 Å². The molecule has 2 heterocycles. The molecule has 17 heavy (non-hydrogen) atoms. The van der Waals surface area contributed by atoms with Gasteiger partial charge in [-0.05, 0) is 37.6 Å². The Labute approximate surface area is 102 Å². The molecular formula is C14H18N2O. The van der Waals surface area contributed by atoms with E-state index in [-0.39, 0.29) is 0 Å². The lowest BCUT2D eigenvalue weighted by Gasteiger charge is -2.04. The van der Waals surface area contributed by atoms with Gasteiger partial charge < -0.3 is 9.73 Å². The average Bonchev–Trinajstić information content (AvgIpc) is 2.78. The molecule has 3 heteroatoms. The Morgan fingerprint density at radius 1 is 1.35 bits per heavy atom. The molecule has 0 aliphatic rings. The van der Waals surface area contributed by atoms with Gasteiger partial charge in [0.05, 0.1) is 12.8 Å². The van der Waals surface area contributed by atoms with Gasteiger partial charge in [0.15, 0.2) is 0 Å². The van der Waals surface area contributed by atoms with E-state index in [0.29, 0.717) is 0 Å². The fraction of sp³-hybridized carbons (Fsp3) is 0.357. The van der Waals surface area contributed by atoms with Crippen molar-refractivity contribution in [1.29, 1.82) is 0 Å². The first kappa shape index (κ1) is 11.9.